The Hall–Kier alpha value is -0.560. The van der Waals surface area contributed by atoms with Gasteiger partial charge in [0.1, 0.15) is 0 Å². The zero-order valence-electron chi connectivity index (χ0n) is 5.69. The first-order valence-electron chi connectivity index (χ1n) is 3.02. The van der Waals surface area contributed by atoms with Crippen LogP contribution in [-0.2, 0) is 0 Å². The van der Waals surface area contributed by atoms with E-state index < -0.39 is 0 Å². The third-order valence-electron chi connectivity index (χ3n) is 0.671. The van der Waals surface area contributed by atoms with Crippen molar-refractivity contribution in [1.29, 1.82) is 0 Å². The molecule has 1 heterocycles. The number of H-pyrrole nitrogens is 1. The number of halogens is 1. The molecule has 1 N–H and O–H groups in total. The van der Waals surface area contributed by atoms with Crippen LogP contribution in [-0.4, -0.2) is 0 Å². The number of aromatic nitrogens is 1. The van der Waals surface area contributed by atoms with Gasteiger partial charge in [-0.3, -0.25) is 0 Å². The van der Waals surface area contributed by atoms with E-state index in [4.69, 9.17) is 11.6 Å². The van der Waals surface area contributed by atoms with Crippen LogP contribution in [0.4, 0.5) is 0 Å². The molecule has 0 aliphatic rings. The van der Waals surface area contributed by atoms with E-state index in [1.807, 2.05) is 26.0 Å². The highest BCUT2D eigenvalue weighted by Gasteiger charge is 1.85. The highest BCUT2D eigenvalue weighted by molar-refractivity contribution is 6.28. The molecule has 1 aromatic rings. The van der Waals surface area contributed by atoms with Crippen molar-refractivity contribution in [3.63, 3.8) is 0 Å². The number of rotatable bonds is 0. The fraction of sp³-hybridized carbons (Fsp3) is 0.286. The van der Waals surface area contributed by atoms with Gasteiger partial charge in [0.05, 0.1) is 0 Å². The monoisotopic (exact) mass is 144 g/mol. The zero-order chi connectivity index (χ0) is 7.11. The highest BCUT2D eigenvalue weighted by Crippen LogP contribution is 1.93. The van der Waals surface area contributed by atoms with Crippen molar-refractivity contribution in [2.75, 3.05) is 0 Å². The van der Waals surface area contributed by atoms with Crippen LogP contribution in [0, 0.1) is 0 Å². The number of hydrogen-bond acceptors (Lipinski definition) is 0. The van der Waals surface area contributed by atoms with E-state index in [-0.39, 0.29) is 0 Å². The smallest absolute Gasteiger partial charge is 0.201 e. The number of aromatic amines is 1. The van der Waals surface area contributed by atoms with Gasteiger partial charge >= 0.3 is 0 Å². The van der Waals surface area contributed by atoms with Gasteiger partial charge < -0.3 is 0 Å². The fourth-order valence-electron chi connectivity index (χ4n) is 0.371. The van der Waals surface area contributed by atoms with E-state index in [1.165, 1.54) is 0 Å². The molecule has 0 aliphatic heterocycles. The second-order valence-electron chi connectivity index (χ2n) is 1.21. The Morgan fingerprint density at radius 3 is 2.22 bits per heavy atom. The van der Waals surface area contributed by atoms with Crippen molar-refractivity contribution in [1.82, 2.24) is 0 Å². The summed E-state index contributed by atoms with van der Waals surface area (Å²) in [5, 5.41) is 0.669. The largest absolute Gasteiger partial charge is 0.273 e. The van der Waals surface area contributed by atoms with E-state index in [2.05, 4.69) is 4.98 Å². The van der Waals surface area contributed by atoms with Crippen LogP contribution in [0.2, 0.25) is 5.15 Å². The van der Waals surface area contributed by atoms with E-state index in [1.54, 1.807) is 12.3 Å². The lowest BCUT2D eigenvalue weighted by molar-refractivity contribution is -0.375. The van der Waals surface area contributed by atoms with Crippen LogP contribution in [0.5, 0.6) is 0 Å². The van der Waals surface area contributed by atoms with Gasteiger partial charge in [0, 0.05) is 12.1 Å². The van der Waals surface area contributed by atoms with Crippen molar-refractivity contribution in [2.24, 2.45) is 0 Å². The van der Waals surface area contributed by atoms with Crippen molar-refractivity contribution in [3.05, 3.63) is 29.5 Å². The molecule has 0 saturated heterocycles. The normalized spacial score (nSPS) is 7.44. The third-order valence-corrected chi connectivity index (χ3v) is 0.906. The van der Waals surface area contributed by atoms with Gasteiger partial charge in [-0.2, -0.15) is 0 Å². The van der Waals surface area contributed by atoms with Crippen LogP contribution in [0.3, 0.4) is 0 Å². The van der Waals surface area contributed by atoms with Gasteiger partial charge in [-0.1, -0.05) is 13.8 Å². The second kappa shape index (κ2) is 5.57. The van der Waals surface area contributed by atoms with Gasteiger partial charge in [0.15, 0.2) is 6.20 Å². The molecule has 0 fully saturated rings. The SMILES string of the molecule is CC.Clc1cccc[nH+]1. The molecule has 0 atom stereocenters. The Labute approximate surface area is 60.7 Å². The lowest BCUT2D eigenvalue weighted by Crippen LogP contribution is -1.98. The molecular formula is C7H11ClN+. The first-order valence-corrected chi connectivity index (χ1v) is 3.39. The highest BCUT2D eigenvalue weighted by atomic mass is 35.5. The molecule has 9 heavy (non-hydrogen) atoms. The Morgan fingerprint density at radius 2 is 2.00 bits per heavy atom. The van der Waals surface area contributed by atoms with Crippen LogP contribution in [0.15, 0.2) is 24.4 Å². The molecule has 2 heteroatoms. The van der Waals surface area contributed by atoms with Gasteiger partial charge in [-0.05, 0) is 17.7 Å². The standard InChI is InChI=1S/C5H4ClN.C2H6/c6-5-3-1-2-4-7-5;1-2/h1-4H;1-2H3/p+1. The lowest BCUT2D eigenvalue weighted by atomic mass is 10.5. The maximum atomic E-state index is 5.48. The quantitative estimate of drug-likeness (QED) is 0.496. The van der Waals surface area contributed by atoms with Crippen LogP contribution < -0.4 is 4.98 Å². The van der Waals surface area contributed by atoms with Gasteiger partial charge in [0.25, 0.3) is 5.15 Å². The molecule has 1 rings (SSSR count). The average Bonchev–Trinajstić information content (AvgIpc) is 1.94. The molecule has 1 nitrogen and oxygen atoms in total. The molecule has 0 amide bonds. The summed E-state index contributed by atoms with van der Waals surface area (Å²) in [5.74, 6) is 0. The minimum absolute atomic E-state index is 0.669. The van der Waals surface area contributed by atoms with Crippen molar-refractivity contribution < 1.29 is 4.98 Å². The summed E-state index contributed by atoms with van der Waals surface area (Å²) in [4.78, 5) is 2.80. The van der Waals surface area contributed by atoms with Crippen LogP contribution in [0.1, 0.15) is 13.8 Å². The number of nitrogens with one attached hydrogen (secondary N) is 1. The van der Waals surface area contributed by atoms with E-state index in [9.17, 15) is 0 Å². The Kier molecular flexibility index (Phi) is 5.23. The summed E-state index contributed by atoms with van der Waals surface area (Å²) in [6.45, 7) is 4.00. The maximum Gasteiger partial charge on any atom is 0.273 e. The topological polar surface area (TPSA) is 14.1 Å². The summed E-state index contributed by atoms with van der Waals surface area (Å²) >= 11 is 5.48. The molecule has 0 saturated carbocycles. The maximum absolute atomic E-state index is 5.48. The molecular weight excluding hydrogens is 134 g/mol. The molecule has 0 bridgehead atoms. The van der Waals surface area contributed by atoms with Gasteiger partial charge in [-0.15, -0.1) is 0 Å². The molecule has 50 valence electrons. The first kappa shape index (κ1) is 8.44. The van der Waals surface area contributed by atoms with Gasteiger partial charge in [0.2, 0.25) is 0 Å². The Morgan fingerprint density at radius 1 is 1.33 bits per heavy atom. The van der Waals surface area contributed by atoms with E-state index in [0.717, 1.165) is 0 Å². The lowest BCUT2D eigenvalue weighted by Gasteiger charge is -1.71. The minimum atomic E-state index is 0.669. The molecule has 0 radical (unpaired) electrons. The molecule has 0 unspecified atom stereocenters. The zero-order valence-corrected chi connectivity index (χ0v) is 6.44. The van der Waals surface area contributed by atoms with E-state index >= 15 is 0 Å². The van der Waals surface area contributed by atoms with Crippen molar-refractivity contribution >= 4 is 11.6 Å². The Balaban J connectivity index is 0.000000291. The van der Waals surface area contributed by atoms with Crippen molar-refractivity contribution in [3.8, 4) is 0 Å². The van der Waals surface area contributed by atoms with Crippen LogP contribution >= 0.6 is 11.6 Å². The third kappa shape index (κ3) is 3.98. The number of hydrogen-bond donors (Lipinski definition) is 0. The Bertz CT molecular complexity index is 139. The van der Waals surface area contributed by atoms with Gasteiger partial charge in [-0.25, -0.2) is 4.98 Å². The summed E-state index contributed by atoms with van der Waals surface area (Å²) in [5.41, 5.74) is 0. The molecule has 0 aliphatic carbocycles. The molecule has 1 aromatic heterocycles. The minimum Gasteiger partial charge on any atom is -0.201 e. The second-order valence-corrected chi connectivity index (χ2v) is 1.62. The summed E-state index contributed by atoms with van der Waals surface area (Å²) < 4.78 is 0. The summed E-state index contributed by atoms with van der Waals surface area (Å²) in [7, 11) is 0. The summed E-state index contributed by atoms with van der Waals surface area (Å²) in [6.07, 6.45) is 1.78. The molecule has 0 aromatic carbocycles. The predicted molar refractivity (Wildman–Crippen MR) is 39.4 cm³/mol. The fourth-order valence-corrected chi connectivity index (χ4v) is 0.507. The average molecular weight is 145 g/mol. The summed E-state index contributed by atoms with van der Waals surface area (Å²) in [6, 6.07) is 5.55. The number of pyridine rings is 1. The van der Waals surface area contributed by atoms with E-state index in [0.29, 0.717) is 5.15 Å². The molecule has 0 spiro atoms. The first-order chi connectivity index (χ1) is 4.39. The predicted octanol–water partition coefficient (Wildman–Crippen LogP) is 2.18. The van der Waals surface area contributed by atoms with Crippen LogP contribution in [0.25, 0.3) is 0 Å². The van der Waals surface area contributed by atoms with Crippen molar-refractivity contribution in [2.45, 2.75) is 13.8 Å².